The highest BCUT2D eigenvalue weighted by Gasteiger charge is 2.41. The highest BCUT2D eigenvalue weighted by atomic mass is 16.2. The number of ketones is 1. The third-order valence-corrected chi connectivity index (χ3v) is 6.74. The Hall–Kier alpha value is -2.88. The van der Waals surface area contributed by atoms with E-state index in [9.17, 15) is 9.59 Å². The van der Waals surface area contributed by atoms with Gasteiger partial charge in [0.2, 0.25) is 5.91 Å². The molecular formula is C26H28N2O2. The minimum Gasteiger partial charge on any atom is -0.357 e. The number of para-hydroxylation sites is 2. The van der Waals surface area contributed by atoms with Crippen molar-refractivity contribution in [3.05, 3.63) is 71.4 Å². The summed E-state index contributed by atoms with van der Waals surface area (Å²) < 4.78 is 0. The molecule has 0 aromatic heterocycles. The van der Waals surface area contributed by atoms with Crippen LogP contribution < -0.4 is 10.2 Å². The summed E-state index contributed by atoms with van der Waals surface area (Å²) in [7, 11) is 0. The van der Waals surface area contributed by atoms with Crippen LogP contribution in [0.15, 0.2) is 65.9 Å². The van der Waals surface area contributed by atoms with Crippen molar-refractivity contribution in [1.29, 1.82) is 0 Å². The van der Waals surface area contributed by atoms with Gasteiger partial charge >= 0.3 is 0 Å². The molecule has 5 rings (SSSR count). The molecule has 1 fully saturated rings. The second-order valence-corrected chi connectivity index (χ2v) is 8.67. The standard InChI is InChI=1S/C26H28N2O2/c29-23-17-9-15-21-24(23)25(18-10-3-1-4-11-18)28(22-16-8-7-14-20(22)27-21)26(30)19-12-5-2-6-13-19/h1,3-4,7-8,10-11,14,16,19,25,27H,2,5-6,9,12-13,15,17H2/t25-/m1/s1. The fourth-order valence-corrected chi connectivity index (χ4v) is 5.27. The first kappa shape index (κ1) is 19.1. The second kappa shape index (κ2) is 8.10. The van der Waals surface area contributed by atoms with Crippen LogP contribution in [-0.2, 0) is 9.59 Å². The van der Waals surface area contributed by atoms with E-state index in [1.165, 1.54) is 6.42 Å². The van der Waals surface area contributed by atoms with E-state index in [-0.39, 0.29) is 23.7 Å². The van der Waals surface area contributed by atoms with E-state index in [1.54, 1.807) is 0 Å². The average molecular weight is 401 g/mol. The van der Waals surface area contributed by atoms with Crippen molar-refractivity contribution in [1.82, 2.24) is 0 Å². The Balaban J connectivity index is 1.72. The maximum atomic E-state index is 14.0. The molecule has 3 aliphatic rings. The molecule has 1 amide bonds. The highest BCUT2D eigenvalue weighted by Crippen LogP contribution is 2.46. The summed E-state index contributed by atoms with van der Waals surface area (Å²) in [4.78, 5) is 29.2. The Morgan fingerprint density at radius 1 is 0.867 bits per heavy atom. The van der Waals surface area contributed by atoms with E-state index in [0.29, 0.717) is 6.42 Å². The zero-order valence-electron chi connectivity index (χ0n) is 17.3. The molecule has 0 bridgehead atoms. The van der Waals surface area contributed by atoms with Crippen molar-refractivity contribution < 1.29 is 9.59 Å². The summed E-state index contributed by atoms with van der Waals surface area (Å²) in [6.45, 7) is 0. The third-order valence-electron chi connectivity index (χ3n) is 6.74. The van der Waals surface area contributed by atoms with Gasteiger partial charge < -0.3 is 5.32 Å². The van der Waals surface area contributed by atoms with Crippen molar-refractivity contribution in [2.24, 2.45) is 5.92 Å². The molecule has 1 atom stereocenters. The lowest BCUT2D eigenvalue weighted by molar-refractivity contribution is -0.123. The van der Waals surface area contributed by atoms with Gasteiger partial charge in [0.25, 0.3) is 0 Å². The number of allylic oxidation sites excluding steroid dienone is 1. The number of carbonyl (C=O) groups is 2. The van der Waals surface area contributed by atoms with E-state index in [1.807, 2.05) is 59.5 Å². The summed E-state index contributed by atoms with van der Waals surface area (Å²) in [5, 5.41) is 3.54. The molecule has 0 radical (unpaired) electrons. The van der Waals surface area contributed by atoms with Gasteiger partial charge in [-0.3, -0.25) is 14.5 Å². The Morgan fingerprint density at radius 3 is 2.40 bits per heavy atom. The fourth-order valence-electron chi connectivity index (χ4n) is 5.27. The summed E-state index contributed by atoms with van der Waals surface area (Å²) in [5.41, 5.74) is 4.55. The Bertz CT molecular complexity index is 989. The van der Waals surface area contributed by atoms with Crippen LogP contribution in [0.1, 0.15) is 63.0 Å². The van der Waals surface area contributed by atoms with Crippen molar-refractivity contribution in [2.75, 3.05) is 10.2 Å². The Labute approximate surface area is 178 Å². The van der Waals surface area contributed by atoms with Crippen LogP contribution in [0.25, 0.3) is 0 Å². The van der Waals surface area contributed by atoms with Gasteiger partial charge in [-0.1, -0.05) is 61.7 Å². The number of amides is 1. The molecule has 2 aromatic rings. The second-order valence-electron chi connectivity index (χ2n) is 8.67. The number of Topliss-reactive ketones (excluding diaryl/α,β-unsaturated/α-hetero) is 1. The average Bonchev–Trinajstić information content (AvgIpc) is 2.95. The maximum absolute atomic E-state index is 14.0. The van der Waals surface area contributed by atoms with Crippen LogP contribution in [0.5, 0.6) is 0 Å². The Morgan fingerprint density at radius 2 is 1.60 bits per heavy atom. The highest BCUT2D eigenvalue weighted by molar-refractivity contribution is 6.06. The molecule has 0 saturated heterocycles. The largest absolute Gasteiger partial charge is 0.357 e. The molecule has 0 spiro atoms. The van der Waals surface area contributed by atoms with Gasteiger partial charge in [0.15, 0.2) is 5.78 Å². The predicted octanol–water partition coefficient (Wildman–Crippen LogP) is 5.77. The minimum atomic E-state index is -0.375. The van der Waals surface area contributed by atoms with Crippen LogP contribution in [0.2, 0.25) is 0 Å². The molecule has 4 heteroatoms. The van der Waals surface area contributed by atoms with Gasteiger partial charge in [0.05, 0.1) is 17.4 Å². The number of benzene rings is 2. The molecule has 154 valence electrons. The molecule has 1 aliphatic heterocycles. The number of anilines is 2. The monoisotopic (exact) mass is 400 g/mol. The van der Waals surface area contributed by atoms with Crippen LogP contribution in [0.3, 0.4) is 0 Å². The number of carbonyl (C=O) groups excluding carboxylic acids is 2. The van der Waals surface area contributed by atoms with E-state index < -0.39 is 0 Å². The summed E-state index contributed by atoms with van der Waals surface area (Å²) in [6.07, 6.45) is 7.53. The minimum absolute atomic E-state index is 0.0267. The first-order valence-corrected chi connectivity index (χ1v) is 11.2. The lowest BCUT2D eigenvalue weighted by atomic mass is 9.83. The number of fused-ring (bicyclic) bond motifs is 1. The lowest BCUT2D eigenvalue weighted by Crippen LogP contribution is -2.42. The molecule has 1 heterocycles. The van der Waals surface area contributed by atoms with Gasteiger partial charge in [-0.25, -0.2) is 0 Å². The van der Waals surface area contributed by atoms with E-state index in [2.05, 4.69) is 5.32 Å². The molecule has 1 saturated carbocycles. The van der Waals surface area contributed by atoms with Gasteiger partial charge in [-0.05, 0) is 43.4 Å². The molecular weight excluding hydrogens is 372 g/mol. The van der Waals surface area contributed by atoms with Crippen molar-refractivity contribution in [3.63, 3.8) is 0 Å². The predicted molar refractivity (Wildman–Crippen MR) is 119 cm³/mol. The zero-order chi connectivity index (χ0) is 20.5. The van der Waals surface area contributed by atoms with E-state index in [0.717, 1.165) is 66.7 Å². The first-order chi connectivity index (χ1) is 14.7. The third kappa shape index (κ3) is 3.34. The Kier molecular flexibility index (Phi) is 5.16. The normalized spacial score (nSPS) is 22.1. The van der Waals surface area contributed by atoms with Crippen molar-refractivity contribution >= 4 is 23.1 Å². The summed E-state index contributed by atoms with van der Waals surface area (Å²) in [6, 6.07) is 17.7. The van der Waals surface area contributed by atoms with Crippen LogP contribution in [0.4, 0.5) is 11.4 Å². The number of nitrogens with zero attached hydrogens (tertiary/aromatic N) is 1. The summed E-state index contributed by atoms with van der Waals surface area (Å²) in [5.74, 6) is 0.343. The van der Waals surface area contributed by atoms with Crippen LogP contribution >= 0.6 is 0 Å². The van der Waals surface area contributed by atoms with Gasteiger partial charge in [0.1, 0.15) is 0 Å². The number of nitrogens with one attached hydrogen (secondary N) is 1. The quantitative estimate of drug-likeness (QED) is 0.696. The van der Waals surface area contributed by atoms with Gasteiger partial charge in [0, 0.05) is 23.6 Å². The van der Waals surface area contributed by atoms with Crippen molar-refractivity contribution in [2.45, 2.75) is 57.4 Å². The van der Waals surface area contributed by atoms with Gasteiger partial charge in [-0.15, -0.1) is 0 Å². The molecule has 4 nitrogen and oxygen atoms in total. The topological polar surface area (TPSA) is 49.4 Å². The van der Waals surface area contributed by atoms with Gasteiger partial charge in [-0.2, -0.15) is 0 Å². The zero-order valence-corrected chi connectivity index (χ0v) is 17.3. The molecule has 30 heavy (non-hydrogen) atoms. The molecule has 2 aliphatic carbocycles. The summed E-state index contributed by atoms with van der Waals surface area (Å²) >= 11 is 0. The van der Waals surface area contributed by atoms with E-state index in [4.69, 9.17) is 0 Å². The lowest BCUT2D eigenvalue weighted by Gasteiger charge is -2.36. The molecule has 2 aromatic carbocycles. The maximum Gasteiger partial charge on any atom is 0.231 e. The molecule has 0 unspecified atom stereocenters. The van der Waals surface area contributed by atoms with E-state index >= 15 is 0 Å². The van der Waals surface area contributed by atoms with Crippen LogP contribution in [-0.4, -0.2) is 11.7 Å². The number of hydrogen-bond acceptors (Lipinski definition) is 3. The SMILES string of the molecule is O=C1CCCC2=C1[C@@H](c1ccccc1)N(C(=O)C1CCCCC1)c1ccccc1N2. The number of rotatable bonds is 2. The fraction of sp³-hybridized carbons (Fsp3) is 0.385. The number of hydrogen-bond donors (Lipinski definition) is 1. The van der Waals surface area contributed by atoms with Crippen molar-refractivity contribution in [3.8, 4) is 0 Å². The first-order valence-electron chi connectivity index (χ1n) is 11.2. The smallest absolute Gasteiger partial charge is 0.231 e. The molecule has 1 N–H and O–H groups in total. The van der Waals surface area contributed by atoms with Crippen LogP contribution in [0, 0.1) is 5.92 Å².